The molecule has 3 saturated heterocycles. The number of fused-ring (bicyclic) bond motifs is 4. The van der Waals surface area contributed by atoms with E-state index >= 15 is 0 Å². The van der Waals surface area contributed by atoms with Crippen molar-refractivity contribution in [2.45, 2.75) is 31.3 Å². The minimum absolute atomic E-state index is 0.136. The Labute approximate surface area is 101 Å². The molecule has 1 aromatic rings. The van der Waals surface area contributed by atoms with Crippen LogP contribution in [0.3, 0.4) is 0 Å². The second kappa shape index (κ2) is 4.45. The molecule has 1 amide bonds. The van der Waals surface area contributed by atoms with Gasteiger partial charge < -0.3 is 10.2 Å². The van der Waals surface area contributed by atoms with E-state index in [1.165, 1.54) is 6.42 Å². The normalized spacial score (nSPS) is 27.9. The molecule has 3 fully saturated rings. The van der Waals surface area contributed by atoms with Crippen LogP contribution in [0.15, 0.2) is 24.5 Å². The largest absolute Gasteiger partial charge is 0.334 e. The summed E-state index contributed by atoms with van der Waals surface area (Å²) in [6.45, 7) is 1.88. The van der Waals surface area contributed by atoms with E-state index in [9.17, 15) is 4.79 Å². The molecule has 0 radical (unpaired) electrons. The number of aromatic nitrogens is 1. The van der Waals surface area contributed by atoms with Gasteiger partial charge in [0.15, 0.2) is 0 Å². The fourth-order valence-electron chi connectivity index (χ4n) is 2.85. The maximum absolute atomic E-state index is 12.4. The van der Waals surface area contributed by atoms with Gasteiger partial charge in [-0.15, -0.1) is 0 Å². The average Bonchev–Trinajstić information content (AvgIpc) is 2.74. The van der Waals surface area contributed by atoms with Crippen LogP contribution in [-0.2, 0) is 0 Å². The van der Waals surface area contributed by atoms with Gasteiger partial charge in [-0.25, -0.2) is 0 Å². The molecule has 90 valence electrons. The van der Waals surface area contributed by atoms with E-state index in [-0.39, 0.29) is 5.91 Å². The van der Waals surface area contributed by atoms with Gasteiger partial charge in [0.1, 0.15) is 0 Å². The van der Waals surface area contributed by atoms with E-state index < -0.39 is 0 Å². The highest BCUT2D eigenvalue weighted by molar-refractivity contribution is 5.94. The van der Waals surface area contributed by atoms with Crippen molar-refractivity contribution >= 4 is 5.91 Å². The standard InChI is InChI=1S/C13H17N3O/c17-13(10-2-1-6-14-8-10)16-9-11-3-4-12(16)5-7-15-11/h1-2,6,8,11-12,15H,3-5,7,9H2. The van der Waals surface area contributed by atoms with Crippen LogP contribution in [0.25, 0.3) is 0 Å². The lowest BCUT2D eigenvalue weighted by Gasteiger charge is -2.36. The van der Waals surface area contributed by atoms with Gasteiger partial charge in [-0.3, -0.25) is 9.78 Å². The highest BCUT2D eigenvalue weighted by Gasteiger charge is 2.34. The third kappa shape index (κ3) is 2.05. The van der Waals surface area contributed by atoms with Gasteiger partial charge in [-0.2, -0.15) is 0 Å². The van der Waals surface area contributed by atoms with Crippen LogP contribution < -0.4 is 5.32 Å². The third-order valence-corrected chi connectivity index (χ3v) is 3.79. The zero-order chi connectivity index (χ0) is 11.7. The summed E-state index contributed by atoms with van der Waals surface area (Å²) in [6, 6.07) is 4.56. The molecule has 4 heterocycles. The molecule has 3 aliphatic heterocycles. The van der Waals surface area contributed by atoms with Crippen LogP contribution >= 0.6 is 0 Å². The molecular formula is C13H17N3O. The first kappa shape index (κ1) is 10.7. The van der Waals surface area contributed by atoms with Crippen molar-refractivity contribution in [3.05, 3.63) is 30.1 Å². The Bertz CT molecular complexity index is 402. The zero-order valence-electron chi connectivity index (χ0n) is 9.80. The SMILES string of the molecule is O=C(c1cccnc1)N1CC2CCC1CCN2. The molecular weight excluding hydrogens is 214 g/mol. The van der Waals surface area contributed by atoms with Gasteiger partial charge in [0, 0.05) is 31.0 Å². The van der Waals surface area contributed by atoms with Crippen LogP contribution in [0.5, 0.6) is 0 Å². The van der Waals surface area contributed by atoms with Gasteiger partial charge in [-0.05, 0) is 37.9 Å². The number of piperidine rings is 1. The second-order valence-corrected chi connectivity index (χ2v) is 4.87. The summed E-state index contributed by atoms with van der Waals surface area (Å²) in [5.41, 5.74) is 0.708. The number of hydrogen-bond donors (Lipinski definition) is 1. The maximum Gasteiger partial charge on any atom is 0.255 e. The Kier molecular flexibility index (Phi) is 2.81. The third-order valence-electron chi connectivity index (χ3n) is 3.79. The van der Waals surface area contributed by atoms with Crippen molar-refractivity contribution in [2.24, 2.45) is 0 Å². The summed E-state index contributed by atoms with van der Waals surface area (Å²) >= 11 is 0. The topological polar surface area (TPSA) is 45.2 Å². The van der Waals surface area contributed by atoms with E-state index in [4.69, 9.17) is 0 Å². The monoisotopic (exact) mass is 231 g/mol. The molecule has 0 saturated carbocycles. The number of pyridine rings is 1. The van der Waals surface area contributed by atoms with Gasteiger partial charge in [0.25, 0.3) is 5.91 Å². The highest BCUT2D eigenvalue weighted by atomic mass is 16.2. The molecule has 0 aromatic carbocycles. The Morgan fingerprint density at radius 2 is 2.35 bits per heavy atom. The van der Waals surface area contributed by atoms with Crippen LogP contribution in [0.1, 0.15) is 29.6 Å². The number of nitrogens with one attached hydrogen (secondary N) is 1. The lowest BCUT2D eigenvalue weighted by Crippen LogP contribution is -2.48. The highest BCUT2D eigenvalue weighted by Crippen LogP contribution is 2.24. The van der Waals surface area contributed by atoms with Gasteiger partial charge in [0.2, 0.25) is 0 Å². The molecule has 1 N–H and O–H groups in total. The smallest absolute Gasteiger partial charge is 0.255 e. The van der Waals surface area contributed by atoms with Crippen LogP contribution in [0, 0.1) is 0 Å². The Hall–Kier alpha value is -1.42. The van der Waals surface area contributed by atoms with Crippen LogP contribution in [-0.4, -0.2) is 41.0 Å². The van der Waals surface area contributed by atoms with Crippen LogP contribution in [0.4, 0.5) is 0 Å². The first-order valence-electron chi connectivity index (χ1n) is 6.29. The number of carbonyl (C=O) groups is 1. The predicted molar refractivity (Wildman–Crippen MR) is 64.7 cm³/mol. The molecule has 2 unspecified atom stereocenters. The number of hydrogen-bond acceptors (Lipinski definition) is 3. The zero-order valence-corrected chi connectivity index (χ0v) is 9.80. The first-order chi connectivity index (χ1) is 8.34. The van der Waals surface area contributed by atoms with E-state index in [1.807, 2.05) is 17.0 Å². The lowest BCUT2D eigenvalue weighted by atomic mass is 9.98. The fraction of sp³-hybridized carbons (Fsp3) is 0.538. The molecule has 4 nitrogen and oxygen atoms in total. The molecule has 0 aliphatic carbocycles. The lowest BCUT2D eigenvalue weighted by molar-refractivity contribution is 0.0607. The van der Waals surface area contributed by atoms with E-state index in [0.717, 1.165) is 25.9 Å². The van der Waals surface area contributed by atoms with E-state index in [0.29, 0.717) is 17.6 Å². The summed E-state index contributed by atoms with van der Waals surface area (Å²) in [7, 11) is 0. The number of carbonyl (C=O) groups excluding carboxylic acids is 1. The second-order valence-electron chi connectivity index (χ2n) is 4.87. The quantitative estimate of drug-likeness (QED) is 0.785. The van der Waals surface area contributed by atoms with Gasteiger partial charge in [-0.1, -0.05) is 0 Å². The minimum atomic E-state index is 0.136. The fourth-order valence-corrected chi connectivity index (χ4v) is 2.85. The molecule has 4 heteroatoms. The summed E-state index contributed by atoms with van der Waals surface area (Å²) in [6.07, 6.45) is 6.76. The summed E-state index contributed by atoms with van der Waals surface area (Å²) in [5.74, 6) is 0.136. The molecule has 3 aliphatic rings. The molecule has 0 spiro atoms. The molecule has 2 atom stereocenters. The van der Waals surface area contributed by atoms with E-state index in [1.54, 1.807) is 12.4 Å². The van der Waals surface area contributed by atoms with Crippen molar-refractivity contribution in [3.8, 4) is 0 Å². The predicted octanol–water partition coefficient (Wildman–Crippen LogP) is 1.05. The summed E-state index contributed by atoms with van der Waals surface area (Å²) in [5, 5.41) is 3.50. The Morgan fingerprint density at radius 1 is 1.41 bits per heavy atom. The van der Waals surface area contributed by atoms with Crippen molar-refractivity contribution in [3.63, 3.8) is 0 Å². The molecule has 4 rings (SSSR count). The molecule has 17 heavy (non-hydrogen) atoms. The first-order valence-corrected chi connectivity index (χ1v) is 6.29. The average molecular weight is 231 g/mol. The van der Waals surface area contributed by atoms with Crippen molar-refractivity contribution in [1.29, 1.82) is 0 Å². The number of amides is 1. The molecule has 2 bridgehead atoms. The Balaban J connectivity index is 1.82. The van der Waals surface area contributed by atoms with Crippen molar-refractivity contribution in [2.75, 3.05) is 13.1 Å². The van der Waals surface area contributed by atoms with Gasteiger partial charge >= 0.3 is 0 Å². The maximum atomic E-state index is 12.4. The van der Waals surface area contributed by atoms with Gasteiger partial charge in [0.05, 0.1) is 5.56 Å². The van der Waals surface area contributed by atoms with E-state index in [2.05, 4.69) is 10.3 Å². The van der Waals surface area contributed by atoms with Crippen molar-refractivity contribution < 1.29 is 4.79 Å². The van der Waals surface area contributed by atoms with Crippen molar-refractivity contribution in [1.82, 2.24) is 15.2 Å². The Morgan fingerprint density at radius 3 is 3.18 bits per heavy atom. The summed E-state index contributed by atoms with van der Waals surface area (Å²) in [4.78, 5) is 18.5. The molecule has 1 aromatic heterocycles. The summed E-state index contributed by atoms with van der Waals surface area (Å²) < 4.78 is 0. The number of rotatable bonds is 1. The minimum Gasteiger partial charge on any atom is -0.334 e. The number of nitrogens with zero attached hydrogens (tertiary/aromatic N) is 2. The van der Waals surface area contributed by atoms with Crippen LogP contribution in [0.2, 0.25) is 0 Å².